The van der Waals surface area contributed by atoms with Crippen molar-refractivity contribution in [3.05, 3.63) is 28.3 Å². The molecule has 1 aliphatic rings. The molecule has 25 heavy (non-hydrogen) atoms. The van der Waals surface area contributed by atoms with Crippen LogP contribution in [0.3, 0.4) is 0 Å². The zero-order valence-electron chi connectivity index (χ0n) is 14.9. The molecular weight excluding hydrogens is 342 g/mol. The molecule has 0 aliphatic heterocycles. The highest BCUT2D eigenvalue weighted by atomic mass is 35.5. The van der Waals surface area contributed by atoms with Gasteiger partial charge in [0.05, 0.1) is 0 Å². The summed E-state index contributed by atoms with van der Waals surface area (Å²) in [5.74, 6) is 0.137. The molecule has 2 rings (SSSR count). The number of rotatable bonds is 4. The molecule has 0 unspecified atom stereocenters. The van der Waals surface area contributed by atoms with Crippen LogP contribution in [0, 0.1) is 13.8 Å². The van der Waals surface area contributed by atoms with Gasteiger partial charge in [-0.3, -0.25) is 10.2 Å². The van der Waals surface area contributed by atoms with Crippen molar-refractivity contribution < 1.29 is 14.3 Å². The van der Waals surface area contributed by atoms with Gasteiger partial charge >= 0.3 is 6.03 Å². The lowest BCUT2D eigenvalue weighted by atomic mass is 9.96. The van der Waals surface area contributed by atoms with Gasteiger partial charge < -0.3 is 10.1 Å². The van der Waals surface area contributed by atoms with E-state index in [1.807, 2.05) is 13.8 Å². The lowest BCUT2D eigenvalue weighted by Crippen LogP contribution is -2.52. The van der Waals surface area contributed by atoms with Crippen LogP contribution in [0.5, 0.6) is 5.75 Å². The Morgan fingerprint density at radius 3 is 2.32 bits per heavy atom. The van der Waals surface area contributed by atoms with Crippen molar-refractivity contribution in [2.75, 3.05) is 0 Å². The first-order chi connectivity index (χ1) is 11.9. The average Bonchev–Trinajstić information content (AvgIpc) is 2.58. The second-order valence-electron chi connectivity index (χ2n) is 6.55. The van der Waals surface area contributed by atoms with Crippen molar-refractivity contribution in [1.82, 2.24) is 16.2 Å². The van der Waals surface area contributed by atoms with Crippen molar-refractivity contribution in [1.29, 1.82) is 0 Å². The van der Waals surface area contributed by atoms with Crippen LogP contribution in [0.1, 0.15) is 50.2 Å². The third-order valence-electron chi connectivity index (χ3n) is 4.33. The molecule has 0 radical (unpaired) electrons. The summed E-state index contributed by atoms with van der Waals surface area (Å²) in [5, 5.41) is 3.55. The van der Waals surface area contributed by atoms with Crippen LogP contribution in [0.25, 0.3) is 0 Å². The van der Waals surface area contributed by atoms with Gasteiger partial charge in [-0.1, -0.05) is 30.9 Å². The summed E-state index contributed by atoms with van der Waals surface area (Å²) < 4.78 is 5.63. The Morgan fingerprint density at radius 1 is 1.12 bits per heavy atom. The molecule has 0 bridgehead atoms. The maximum absolute atomic E-state index is 12.1. The number of hydrazine groups is 1. The Hall–Kier alpha value is -1.95. The molecule has 1 atom stereocenters. The number of ether oxygens (including phenoxy) is 1. The van der Waals surface area contributed by atoms with Crippen LogP contribution in [-0.2, 0) is 4.79 Å². The minimum Gasteiger partial charge on any atom is -0.481 e. The molecule has 1 saturated carbocycles. The highest BCUT2D eigenvalue weighted by Crippen LogP contribution is 2.26. The molecule has 3 amide bonds. The molecule has 0 heterocycles. The number of aryl methyl sites for hydroxylation is 2. The first kappa shape index (κ1) is 19.4. The van der Waals surface area contributed by atoms with Gasteiger partial charge in [-0.05, 0) is 56.9 Å². The number of halogens is 1. The summed E-state index contributed by atoms with van der Waals surface area (Å²) in [6.45, 7) is 5.38. The molecule has 0 aromatic heterocycles. The number of hydrogen-bond donors (Lipinski definition) is 3. The van der Waals surface area contributed by atoms with Crippen molar-refractivity contribution >= 4 is 23.5 Å². The van der Waals surface area contributed by atoms with Crippen molar-refractivity contribution in [3.8, 4) is 5.75 Å². The van der Waals surface area contributed by atoms with Gasteiger partial charge in [-0.25, -0.2) is 10.2 Å². The minimum atomic E-state index is -0.755. The number of amides is 3. The highest BCUT2D eigenvalue weighted by molar-refractivity contribution is 6.32. The number of carbonyl (C=O) groups is 2. The Bertz CT molecular complexity index is 607. The third-order valence-corrected chi connectivity index (χ3v) is 4.93. The van der Waals surface area contributed by atoms with Gasteiger partial charge in [-0.2, -0.15) is 0 Å². The summed E-state index contributed by atoms with van der Waals surface area (Å²) in [4.78, 5) is 23.9. The van der Waals surface area contributed by atoms with Gasteiger partial charge in [0.1, 0.15) is 5.75 Å². The molecule has 1 aromatic carbocycles. The number of nitrogens with one attached hydrogen (secondary N) is 3. The van der Waals surface area contributed by atoms with Crippen molar-refractivity contribution in [2.45, 2.75) is 65.0 Å². The van der Waals surface area contributed by atoms with Crippen LogP contribution in [-0.4, -0.2) is 24.1 Å². The van der Waals surface area contributed by atoms with E-state index in [0.717, 1.165) is 36.8 Å². The monoisotopic (exact) mass is 367 g/mol. The summed E-state index contributed by atoms with van der Waals surface area (Å²) in [6, 6.07) is 3.34. The normalized spacial score (nSPS) is 16.0. The number of hydrogen-bond acceptors (Lipinski definition) is 3. The maximum atomic E-state index is 12.1. The molecule has 1 aliphatic carbocycles. The molecule has 6 nitrogen and oxygen atoms in total. The molecule has 7 heteroatoms. The Kier molecular flexibility index (Phi) is 6.93. The van der Waals surface area contributed by atoms with E-state index >= 15 is 0 Å². The SMILES string of the molecule is Cc1cc(O[C@H](C)C(=O)NNC(=O)NC2CCCCC2)cc(C)c1Cl. The van der Waals surface area contributed by atoms with E-state index in [-0.39, 0.29) is 6.04 Å². The van der Waals surface area contributed by atoms with Crippen molar-refractivity contribution in [3.63, 3.8) is 0 Å². The van der Waals surface area contributed by atoms with Crippen molar-refractivity contribution in [2.24, 2.45) is 0 Å². The predicted molar refractivity (Wildman–Crippen MR) is 97.7 cm³/mol. The highest BCUT2D eigenvalue weighted by Gasteiger charge is 2.18. The fourth-order valence-electron chi connectivity index (χ4n) is 2.92. The first-order valence-electron chi connectivity index (χ1n) is 8.66. The largest absolute Gasteiger partial charge is 0.481 e. The van der Waals surface area contributed by atoms with E-state index < -0.39 is 18.0 Å². The van der Waals surface area contributed by atoms with Crippen LogP contribution in [0.2, 0.25) is 5.02 Å². The Labute approximate surface area is 153 Å². The number of benzene rings is 1. The van der Waals surface area contributed by atoms with Crippen LogP contribution in [0.15, 0.2) is 12.1 Å². The quantitative estimate of drug-likeness (QED) is 0.713. The fraction of sp³-hybridized carbons (Fsp3) is 0.556. The summed E-state index contributed by atoms with van der Waals surface area (Å²) >= 11 is 6.12. The minimum absolute atomic E-state index is 0.180. The van der Waals surface area contributed by atoms with Gasteiger partial charge in [0.15, 0.2) is 6.10 Å². The van der Waals surface area contributed by atoms with E-state index in [1.54, 1.807) is 19.1 Å². The Balaban J connectivity index is 1.78. The van der Waals surface area contributed by atoms with E-state index in [4.69, 9.17) is 16.3 Å². The fourth-order valence-corrected chi connectivity index (χ4v) is 3.03. The van der Waals surface area contributed by atoms with E-state index in [2.05, 4.69) is 16.2 Å². The lowest BCUT2D eigenvalue weighted by molar-refractivity contribution is -0.128. The van der Waals surface area contributed by atoms with Gasteiger partial charge in [-0.15, -0.1) is 0 Å². The van der Waals surface area contributed by atoms with Gasteiger partial charge in [0, 0.05) is 11.1 Å². The first-order valence-corrected chi connectivity index (χ1v) is 9.04. The van der Waals surface area contributed by atoms with E-state index in [0.29, 0.717) is 10.8 Å². The number of urea groups is 1. The second kappa shape index (κ2) is 8.94. The summed E-state index contributed by atoms with van der Waals surface area (Å²) in [5.41, 5.74) is 6.53. The molecule has 0 spiro atoms. The topological polar surface area (TPSA) is 79.5 Å². The predicted octanol–water partition coefficient (Wildman–Crippen LogP) is 3.39. The molecule has 1 fully saturated rings. The lowest BCUT2D eigenvalue weighted by Gasteiger charge is -2.23. The Morgan fingerprint density at radius 2 is 1.72 bits per heavy atom. The summed E-state index contributed by atoms with van der Waals surface area (Å²) in [6.07, 6.45) is 4.68. The molecule has 0 saturated heterocycles. The number of carbonyl (C=O) groups excluding carboxylic acids is 2. The van der Waals surface area contributed by atoms with E-state index in [1.165, 1.54) is 6.42 Å². The van der Waals surface area contributed by atoms with Gasteiger partial charge in [0.2, 0.25) is 0 Å². The zero-order chi connectivity index (χ0) is 18.4. The second-order valence-corrected chi connectivity index (χ2v) is 6.93. The zero-order valence-corrected chi connectivity index (χ0v) is 15.7. The molecule has 138 valence electrons. The van der Waals surface area contributed by atoms with Crippen LogP contribution in [0.4, 0.5) is 4.79 Å². The van der Waals surface area contributed by atoms with Crippen LogP contribution < -0.4 is 20.9 Å². The molecular formula is C18H26ClN3O3. The smallest absolute Gasteiger partial charge is 0.333 e. The maximum Gasteiger partial charge on any atom is 0.333 e. The third kappa shape index (κ3) is 5.81. The molecule has 1 aromatic rings. The van der Waals surface area contributed by atoms with Gasteiger partial charge in [0.25, 0.3) is 5.91 Å². The standard InChI is InChI=1S/C18H26ClN3O3/c1-11-9-15(10-12(2)16(11)19)25-13(3)17(23)21-22-18(24)20-14-7-5-4-6-8-14/h9-10,13-14H,4-8H2,1-3H3,(H,21,23)(H2,20,22,24)/t13-/m1/s1. The summed E-state index contributed by atoms with van der Waals surface area (Å²) in [7, 11) is 0. The van der Waals surface area contributed by atoms with E-state index in [9.17, 15) is 9.59 Å². The van der Waals surface area contributed by atoms with Crippen LogP contribution >= 0.6 is 11.6 Å². The molecule has 3 N–H and O–H groups in total. The average molecular weight is 368 g/mol.